The van der Waals surface area contributed by atoms with Crippen molar-refractivity contribution >= 4 is 88.9 Å². The van der Waals surface area contributed by atoms with E-state index in [0.717, 1.165) is 4.90 Å². The number of amides is 11. The second-order valence-corrected chi connectivity index (χ2v) is 25.6. The van der Waals surface area contributed by atoms with Crippen LogP contribution in [0, 0.1) is 17.8 Å². The summed E-state index contributed by atoms with van der Waals surface area (Å²) in [5, 5.41) is 79.0. The second-order valence-electron chi connectivity index (χ2n) is 25.6. The number of rotatable bonds is 41. The van der Waals surface area contributed by atoms with Gasteiger partial charge in [0.25, 0.3) is 0 Å². The molecule has 2 aliphatic heterocycles. The smallest absolute Gasteiger partial charge is 0.326 e. The van der Waals surface area contributed by atoms with E-state index in [-0.39, 0.29) is 75.5 Å². The first-order valence-corrected chi connectivity index (χ1v) is 33.2. The van der Waals surface area contributed by atoms with Crippen molar-refractivity contribution in [3.63, 3.8) is 0 Å². The van der Waals surface area contributed by atoms with Crippen LogP contribution in [0.2, 0.25) is 0 Å². The molecule has 0 aliphatic carbocycles. The topological polar surface area (TPSA) is 532 Å². The number of carboxylic acids is 4. The summed E-state index contributed by atoms with van der Waals surface area (Å²) in [6.07, 6.45) is -3.71. The molecule has 13 atom stereocenters. The van der Waals surface area contributed by atoms with Gasteiger partial charge in [-0.05, 0) is 111 Å². The summed E-state index contributed by atoms with van der Waals surface area (Å²) in [6, 6.07) is -5.26. The first-order valence-electron chi connectivity index (χ1n) is 33.2. The van der Waals surface area contributed by atoms with Gasteiger partial charge in [-0.2, -0.15) is 0 Å². The van der Waals surface area contributed by atoms with Crippen molar-refractivity contribution < 1.29 is 103 Å². The molecule has 2 saturated heterocycles. The van der Waals surface area contributed by atoms with E-state index < -0.39 is 219 Å². The summed E-state index contributed by atoms with van der Waals surface area (Å²) in [6.45, 7) is 10.3. The fourth-order valence-electron chi connectivity index (χ4n) is 11.4. The van der Waals surface area contributed by atoms with Crippen LogP contribution in [0.15, 0.2) is 48.5 Å². The highest BCUT2D eigenvalue weighted by Gasteiger charge is 2.43. The molecule has 0 unspecified atom stereocenters. The van der Waals surface area contributed by atoms with Gasteiger partial charge in [0.15, 0.2) is 0 Å². The lowest BCUT2D eigenvalue weighted by molar-refractivity contribution is -0.144. The van der Waals surface area contributed by atoms with Crippen LogP contribution in [0.3, 0.4) is 0 Å². The van der Waals surface area contributed by atoms with Gasteiger partial charge in [0, 0.05) is 51.6 Å². The number of carboxylic acid groups (broad SMARTS) is 4. The summed E-state index contributed by atoms with van der Waals surface area (Å²) in [4.78, 5) is 205. The van der Waals surface area contributed by atoms with Gasteiger partial charge in [-0.15, -0.1) is 0 Å². The molecule has 11 amide bonds. The average Bonchev–Trinajstić information content (AvgIpc) is 1.78. The standard InChI is InChI=1S/C66H96N12O21/c1-7-35(5)54(63(95)73-46(33-38-15-19-40(80)20-16-38)60(92)74-47(66(98)99)31-34(3)4)75-62(94)49-12-10-30-78(49)65(97)55(36(6)8-2)76-58(90)44(24-28-53(86)87)69-56(88)43(23-27-52(84)85)70-59(91)45(32-37-13-17-39(79)18-14-37)72-57(89)42(22-25-50(68)81)71-61(93)48-11-9-29-77(48)64(96)41(67)21-26-51(82)83/h13-20,34-36,41-49,54-55,79-80H,7-12,21-33,67H2,1-6H3,(H2,68,81)(H,69,88)(H,70,91)(H,71,93)(H,72,89)(H,73,95)(H,74,92)(H,75,94)(H,76,90)(H,82,83)(H,84,85)(H,86,87)(H,98,99)/t35-,36-,41-,42-,43-,44-,45-,46-,47-,48-,49-,54-,55-/m0/s1. The number of nitrogens with zero attached hydrogens (tertiary/aromatic N) is 2. The highest BCUT2D eigenvalue weighted by atomic mass is 16.4. The predicted octanol–water partition coefficient (Wildman–Crippen LogP) is -0.847. The Balaban J connectivity index is 1.62. The molecule has 546 valence electrons. The lowest BCUT2D eigenvalue weighted by Gasteiger charge is -2.33. The fourth-order valence-corrected chi connectivity index (χ4v) is 11.4. The summed E-state index contributed by atoms with van der Waals surface area (Å²) in [7, 11) is 0. The number of aromatic hydroxyl groups is 2. The Morgan fingerprint density at radius 3 is 1.24 bits per heavy atom. The molecule has 2 aromatic carbocycles. The molecule has 0 spiro atoms. The van der Waals surface area contributed by atoms with Crippen LogP contribution in [-0.2, 0) is 84.8 Å². The largest absolute Gasteiger partial charge is 0.508 e. The van der Waals surface area contributed by atoms with Crippen molar-refractivity contribution in [2.75, 3.05) is 13.1 Å². The molecule has 0 saturated carbocycles. The number of phenolic OH excluding ortho intramolecular Hbond substituents is 2. The number of nitrogens with two attached hydrogens (primary N) is 2. The number of hydrogen-bond donors (Lipinski definition) is 16. The maximum atomic E-state index is 14.9. The molecule has 33 nitrogen and oxygen atoms in total. The SMILES string of the molecule is CC[C@H](C)[C@H](NC(=O)[C@@H]1CCCN1C(=O)[C@@H](NC(=O)[C@H](CCC(=O)O)NC(=O)[C@H](CCC(=O)O)NC(=O)[C@H](Cc1ccc(O)cc1)NC(=O)[C@H](CCC(N)=O)NC(=O)[C@@H]1CCCN1C(=O)[C@@H](N)CCC(=O)O)[C@@H](C)CC)C(=O)N[C@@H](Cc1ccc(O)cc1)C(=O)N[C@@H](CC(C)C)C(=O)O. The van der Waals surface area contributed by atoms with Crippen LogP contribution < -0.4 is 54.0 Å². The number of carbonyl (C=O) groups is 15. The van der Waals surface area contributed by atoms with Crippen molar-refractivity contribution in [3.8, 4) is 11.5 Å². The molecule has 33 heteroatoms. The number of nitrogens with one attached hydrogen (secondary N) is 8. The van der Waals surface area contributed by atoms with E-state index in [9.17, 15) is 97.5 Å². The third-order valence-electron chi connectivity index (χ3n) is 17.4. The van der Waals surface area contributed by atoms with E-state index in [2.05, 4.69) is 42.5 Å². The molecule has 2 aromatic rings. The van der Waals surface area contributed by atoms with Crippen molar-refractivity contribution in [2.24, 2.45) is 29.2 Å². The zero-order valence-electron chi connectivity index (χ0n) is 56.5. The minimum absolute atomic E-state index is 0.0211. The van der Waals surface area contributed by atoms with Gasteiger partial charge in [0.2, 0.25) is 65.0 Å². The van der Waals surface area contributed by atoms with E-state index in [0.29, 0.717) is 24.0 Å². The van der Waals surface area contributed by atoms with E-state index in [1.807, 2.05) is 0 Å². The molecule has 99 heavy (non-hydrogen) atoms. The van der Waals surface area contributed by atoms with Gasteiger partial charge in [-0.1, -0.05) is 78.6 Å². The maximum Gasteiger partial charge on any atom is 0.326 e. The number of aliphatic carboxylic acids is 4. The Labute approximate surface area is 572 Å². The van der Waals surface area contributed by atoms with Crippen molar-refractivity contribution in [1.29, 1.82) is 0 Å². The molecule has 0 bridgehead atoms. The summed E-state index contributed by atoms with van der Waals surface area (Å²) < 4.78 is 0. The lowest BCUT2D eigenvalue weighted by atomic mass is 9.95. The van der Waals surface area contributed by atoms with Crippen LogP contribution in [0.4, 0.5) is 0 Å². The molecule has 2 fully saturated rings. The third kappa shape index (κ3) is 26.1. The Morgan fingerprint density at radius 2 is 0.818 bits per heavy atom. The van der Waals surface area contributed by atoms with Crippen LogP contribution in [0.1, 0.15) is 149 Å². The van der Waals surface area contributed by atoms with Crippen LogP contribution in [0.25, 0.3) is 0 Å². The zero-order valence-corrected chi connectivity index (χ0v) is 56.5. The van der Waals surface area contributed by atoms with Crippen LogP contribution >= 0.6 is 0 Å². The second kappa shape index (κ2) is 39.4. The fraction of sp³-hybridized carbons (Fsp3) is 0.591. The Hall–Kier alpha value is -9.95. The number of likely N-dealkylation sites (tertiary alicyclic amines) is 2. The molecule has 18 N–H and O–H groups in total. The predicted molar refractivity (Wildman–Crippen MR) is 352 cm³/mol. The first kappa shape index (κ1) is 81.5. The first-order chi connectivity index (χ1) is 46.6. The van der Waals surface area contributed by atoms with Gasteiger partial charge < -0.3 is 94.4 Å². The van der Waals surface area contributed by atoms with Crippen molar-refractivity contribution in [3.05, 3.63) is 59.7 Å². The molecular formula is C66H96N12O21. The van der Waals surface area contributed by atoms with Gasteiger partial charge in [-0.3, -0.25) is 67.1 Å². The molecule has 2 aliphatic rings. The Kier molecular flexibility index (Phi) is 32.5. The monoisotopic (exact) mass is 1390 g/mol. The van der Waals surface area contributed by atoms with Gasteiger partial charge in [0.05, 0.1) is 6.04 Å². The van der Waals surface area contributed by atoms with E-state index >= 15 is 0 Å². The number of primary amides is 1. The Bertz CT molecular complexity index is 3210. The minimum atomic E-state index is -1.87. The van der Waals surface area contributed by atoms with E-state index in [1.54, 1.807) is 41.5 Å². The number of benzene rings is 2. The third-order valence-corrected chi connectivity index (χ3v) is 17.4. The quantitative estimate of drug-likeness (QED) is 0.0386. The zero-order chi connectivity index (χ0) is 74.0. The molecule has 0 radical (unpaired) electrons. The van der Waals surface area contributed by atoms with E-state index in [1.165, 1.54) is 53.4 Å². The average molecular weight is 1390 g/mol. The number of phenols is 2. The molecule has 0 aromatic heterocycles. The Morgan fingerprint density at radius 1 is 0.455 bits per heavy atom. The molecule has 2 heterocycles. The normalized spacial score (nSPS) is 17.6. The molecule has 4 rings (SSSR count). The van der Waals surface area contributed by atoms with Crippen LogP contribution in [0.5, 0.6) is 11.5 Å². The maximum absolute atomic E-state index is 14.9. The van der Waals surface area contributed by atoms with Crippen molar-refractivity contribution in [1.82, 2.24) is 52.3 Å². The summed E-state index contributed by atoms with van der Waals surface area (Å²) in [5.74, 6) is -17.5. The minimum Gasteiger partial charge on any atom is -0.508 e. The van der Waals surface area contributed by atoms with Gasteiger partial charge >= 0.3 is 23.9 Å². The summed E-state index contributed by atoms with van der Waals surface area (Å²) in [5.41, 5.74) is 12.2. The lowest BCUT2D eigenvalue weighted by Crippen LogP contribution is -2.62. The number of hydrogen-bond acceptors (Lipinski definition) is 18. The van der Waals surface area contributed by atoms with Crippen molar-refractivity contribution in [2.45, 2.75) is 217 Å². The van der Waals surface area contributed by atoms with Crippen LogP contribution in [-0.4, -0.2) is 209 Å². The highest BCUT2D eigenvalue weighted by molar-refractivity contribution is 6.00. The van der Waals surface area contributed by atoms with Gasteiger partial charge in [0.1, 0.15) is 71.9 Å². The molecular weight excluding hydrogens is 1300 g/mol. The highest BCUT2D eigenvalue weighted by Crippen LogP contribution is 2.25. The summed E-state index contributed by atoms with van der Waals surface area (Å²) >= 11 is 0. The number of carbonyl (C=O) groups excluding carboxylic acids is 11. The van der Waals surface area contributed by atoms with E-state index in [4.69, 9.17) is 16.6 Å². The van der Waals surface area contributed by atoms with Gasteiger partial charge in [-0.25, -0.2) is 4.79 Å².